The molecule has 0 saturated carbocycles. The Morgan fingerprint density at radius 3 is 2.57 bits per heavy atom. The maximum atomic E-state index is 14.5. The van der Waals surface area contributed by atoms with Crippen molar-refractivity contribution in [1.29, 1.82) is 0 Å². The molecule has 2 aromatic carbocycles. The normalized spacial score (nSPS) is 15.2. The molecule has 9 nitrogen and oxygen atoms in total. The van der Waals surface area contributed by atoms with Crippen LogP contribution in [0, 0.1) is 17.5 Å². The number of nitrogens with zero attached hydrogens (tertiary/aromatic N) is 5. The standard InChI is InChI=1S/C22H16Cl2F3N7O2S/c1-32-6-11-3-18(13(23)4-17(11)31-32)29-20-30-21(35)34(8-12-9-37-19(24)28-12)22(36)33(20)7-10-2-15(26)16(27)5-14(10)25/h2-6,9,19,28H,7-8H2,1H3,(H,29,30,35). The van der Waals surface area contributed by atoms with Crippen molar-refractivity contribution in [2.75, 3.05) is 5.32 Å². The molecule has 2 N–H and O–H groups in total. The number of aryl methyl sites for hydroxylation is 1. The fourth-order valence-electron chi connectivity index (χ4n) is 3.75. The largest absolute Gasteiger partial charge is 0.362 e. The predicted molar refractivity (Wildman–Crippen MR) is 136 cm³/mol. The number of rotatable bonds is 6. The summed E-state index contributed by atoms with van der Waals surface area (Å²) in [4.78, 5) is 29.8. The van der Waals surface area contributed by atoms with Gasteiger partial charge in [-0.3, -0.25) is 9.25 Å². The van der Waals surface area contributed by atoms with Gasteiger partial charge in [0.1, 0.15) is 5.82 Å². The molecule has 1 atom stereocenters. The molecule has 5 rings (SSSR count). The zero-order valence-corrected chi connectivity index (χ0v) is 21.1. The fraction of sp³-hybridized carbons (Fsp3) is 0.182. The highest BCUT2D eigenvalue weighted by molar-refractivity contribution is 8.04. The third-order valence-electron chi connectivity index (χ3n) is 5.48. The molecule has 0 saturated heterocycles. The Labute approximate surface area is 220 Å². The number of thioether (sulfide) groups is 1. The summed E-state index contributed by atoms with van der Waals surface area (Å²) >= 11 is 13.6. The molecular weight excluding hydrogens is 554 g/mol. The van der Waals surface area contributed by atoms with Crippen LogP contribution in [-0.2, 0) is 20.1 Å². The molecule has 37 heavy (non-hydrogen) atoms. The van der Waals surface area contributed by atoms with Crippen LogP contribution < -0.4 is 22.0 Å². The molecule has 0 radical (unpaired) electrons. The van der Waals surface area contributed by atoms with Gasteiger partial charge in [0, 0.05) is 36.0 Å². The van der Waals surface area contributed by atoms with E-state index in [1.807, 2.05) is 0 Å². The average Bonchev–Trinajstić information content (AvgIpc) is 3.40. The van der Waals surface area contributed by atoms with Crippen molar-refractivity contribution in [1.82, 2.24) is 29.2 Å². The van der Waals surface area contributed by atoms with Gasteiger partial charge >= 0.3 is 11.4 Å². The van der Waals surface area contributed by atoms with Gasteiger partial charge in [0.15, 0.2) is 16.5 Å². The maximum Gasteiger partial charge on any atom is 0.355 e. The molecule has 1 aliphatic heterocycles. The molecule has 0 amide bonds. The molecule has 3 heterocycles. The minimum absolute atomic E-state index is 0.191. The lowest BCUT2D eigenvalue weighted by molar-refractivity contribution is 0.485. The number of alkyl halides is 1. The van der Waals surface area contributed by atoms with Gasteiger partial charge in [-0.05, 0) is 23.6 Å². The Hall–Kier alpha value is -3.42. The molecule has 4 aromatic rings. The van der Waals surface area contributed by atoms with Crippen molar-refractivity contribution in [3.63, 3.8) is 0 Å². The van der Waals surface area contributed by atoms with Crippen LogP contribution in [0.15, 0.2) is 51.2 Å². The Balaban J connectivity index is 1.62. The lowest BCUT2D eigenvalue weighted by atomic mass is 10.2. The molecule has 0 bridgehead atoms. The van der Waals surface area contributed by atoms with Crippen LogP contribution in [0.1, 0.15) is 5.56 Å². The van der Waals surface area contributed by atoms with Crippen LogP contribution in [0.5, 0.6) is 0 Å². The van der Waals surface area contributed by atoms with Crippen molar-refractivity contribution < 1.29 is 13.2 Å². The van der Waals surface area contributed by atoms with Gasteiger partial charge in [-0.15, -0.1) is 0 Å². The summed E-state index contributed by atoms with van der Waals surface area (Å²) in [6, 6.07) is 4.23. The second kappa shape index (κ2) is 9.80. The maximum absolute atomic E-state index is 14.5. The summed E-state index contributed by atoms with van der Waals surface area (Å²) in [7, 11) is 1.73. The summed E-state index contributed by atoms with van der Waals surface area (Å²) in [5, 5.41) is 12.6. The van der Waals surface area contributed by atoms with Crippen molar-refractivity contribution in [3.05, 3.63) is 90.6 Å². The molecule has 1 unspecified atom stereocenters. The van der Waals surface area contributed by atoms with E-state index in [1.165, 1.54) is 11.8 Å². The van der Waals surface area contributed by atoms with E-state index in [-0.39, 0.29) is 28.8 Å². The van der Waals surface area contributed by atoms with Crippen molar-refractivity contribution in [2.24, 2.45) is 7.05 Å². The van der Waals surface area contributed by atoms with Crippen molar-refractivity contribution >= 4 is 57.5 Å². The first-order valence-electron chi connectivity index (χ1n) is 10.6. The summed E-state index contributed by atoms with van der Waals surface area (Å²) in [5.74, 6) is -4.03. The Kier molecular flexibility index (Phi) is 6.68. The first kappa shape index (κ1) is 25.2. The molecule has 2 aromatic heterocycles. The quantitative estimate of drug-likeness (QED) is 0.207. The van der Waals surface area contributed by atoms with E-state index in [0.717, 1.165) is 9.13 Å². The van der Waals surface area contributed by atoms with E-state index in [9.17, 15) is 22.8 Å². The van der Waals surface area contributed by atoms with Crippen molar-refractivity contribution in [3.8, 4) is 0 Å². The second-order valence-electron chi connectivity index (χ2n) is 8.09. The number of fused-ring (bicyclic) bond motifs is 1. The highest BCUT2D eigenvalue weighted by Gasteiger charge is 2.21. The number of aromatic nitrogens is 5. The minimum Gasteiger partial charge on any atom is -0.362 e. The van der Waals surface area contributed by atoms with E-state index in [0.29, 0.717) is 28.7 Å². The molecule has 192 valence electrons. The van der Waals surface area contributed by atoms with E-state index in [2.05, 4.69) is 20.7 Å². The molecule has 0 aliphatic carbocycles. The first-order chi connectivity index (χ1) is 17.6. The molecule has 0 spiro atoms. The second-order valence-corrected chi connectivity index (χ2v) is 10.2. The third kappa shape index (κ3) is 5.06. The zero-order chi connectivity index (χ0) is 26.4. The minimum atomic E-state index is -1.38. The number of allylic oxidation sites excluding steroid dienone is 1. The van der Waals surface area contributed by atoms with E-state index in [1.54, 1.807) is 35.5 Å². The van der Waals surface area contributed by atoms with Crippen LogP contribution >= 0.6 is 35.0 Å². The number of nitrogens with one attached hydrogen (secondary N) is 2. The van der Waals surface area contributed by atoms with E-state index >= 15 is 0 Å². The first-order valence-corrected chi connectivity index (χ1v) is 12.3. The number of hydrogen-bond donors (Lipinski definition) is 2. The van der Waals surface area contributed by atoms with E-state index in [4.69, 9.17) is 23.2 Å². The molecular formula is C22H16Cl2F3N7O2S. The van der Waals surface area contributed by atoms with Crippen molar-refractivity contribution in [2.45, 2.75) is 17.9 Å². The number of benzene rings is 2. The van der Waals surface area contributed by atoms with Crippen LogP contribution in [0.3, 0.4) is 0 Å². The predicted octanol–water partition coefficient (Wildman–Crippen LogP) is 3.85. The Morgan fingerprint density at radius 1 is 1.08 bits per heavy atom. The third-order valence-corrected chi connectivity index (χ3v) is 6.99. The Morgan fingerprint density at radius 2 is 1.84 bits per heavy atom. The summed E-state index contributed by atoms with van der Waals surface area (Å²) in [5.41, 5.74) is -0.737. The van der Waals surface area contributed by atoms with Gasteiger partial charge < -0.3 is 10.6 Å². The van der Waals surface area contributed by atoms with Gasteiger partial charge in [0.05, 0.1) is 29.3 Å². The summed E-state index contributed by atoms with van der Waals surface area (Å²) in [6.07, 6.45) is 1.73. The molecule has 0 fully saturated rings. The highest BCUT2D eigenvalue weighted by atomic mass is 35.5. The average molecular weight is 570 g/mol. The smallest absolute Gasteiger partial charge is 0.355 e. The summed E-state index contributed by atoms with van der Waals surface area (Å²) < 4.78 is 45.2. The number of anilines is 2. The topological polar surface area (TPSA) is 98.8 Å². The van der Waals surface area contributed by atoms with Gasteiger partial charge in [-0.2, -0.15) is 10.1 Å². The van der Waals surface area contributed by atoms with Crippen LogP contribution in [0.4, 0.5) is 24.8 Å². The van der Waals surface area contributed by atoms with Gasteiger partial charge in [-0.25, -0.2) is 27.3 Å². The van der Waals surface area contributed by atoms with Gasteiger partial charge in [0.25, 0.3) is 0 Å². The molecule has 1 aliphatic rings. The number of halogens is 5. The van der Waals surface area contributed by atoms with Crippen LogP contribution in [0.25, 0.3) is 10.9 Å². The Bertz CT molecular complexity index is 1700. The zero-order valence-electron chi connectivity index (χ0n) is 18.8. The van der Waals surface area contributed by atoms with Crippen LogP contribution in [0.2, 0.25) is 5.02 Å². The molecule has 15 heteroatoms. The van der Waals surface area contributed by atoms with Gasteiger partial charge in [0.2, 0.25) is 5.95 Å². The fourth-order valence-corrected chi connectivity index (χ4v) is 4.90. The van der Waals surface area contributed by atoms with Crippen LogP contribution in [-0.4, -0.2) is 28.7 Å². The SMILES string of the molecule is Cn1cc2cc(Nc3nc(=O)n(CC4=CSC(Cl)N4)c(=O)n3Cc3cc(F)c(F)cc3F)c(Cl)cc2n1. The van der Waals surface area contributed by atoms with E-state index < -0.39 is 40.2 Å². The number of hydrogen-bond acceptors (Lipinski definition) is 7. The summed E-state index contributed by atoms with van der Waals surface area (Å²) in [6.45, 7) is -0.757. The lowest BCUT2D eigenvalue weighted by Gasteiger charge is -2.17. The lowest BCUT2D eigenvalue weighted by Crippen LogP contribution is -2.44. The van der Waals surface area contributed by atoms with Gasteiger partial charge in [-0.1, -0.05) is 35.0 Å². The highest BCUT2D eigenvalue weighted by Crippen LogP contribution is 2.29. The monoisotopic (exact) mass is 569 g/mol.